The van der Waals surface area contributed by atoms with Crippen molar-refractivity contribution in [2.45, 2.75) is 68.6 Å². The van der Waals surface area contributed by atoms with Crippen LogP contribution in [-0.4, -0.2) is 20.9 Å². The molecule has 0 heterocycles. The lowest BCUT2D eigenvalue weighted by atomic mass is 9.88. The second-order valence-corrected chi connectivity index (χ2v) is 10.7. The van der Waals surface area contributed by atoms with Gasteiger partial charge in [0.2, 0.25) is 5.91 Å². The predicted octanol–water partition coefficient (Wildman–Crippen LogP) is 4.78. The molecule has 0 radical (unpaired) electrons. The second-order valence-electron chi connectivity index (χ2n) is 8.98. The number of carbonyl (C=O) groups excluding carboxylic acids is 1. The summed E-state index contributed by atoms with van der Waals surface area (Å²) in [5.74, 6) is 0.721. The van der Waals surface area contributed by atoms with E-state index in [-0.39, 0.29) is 10.8 Å². The lowest BCUT2D eigenvalue weighted by Crippen LogP contribution is -2.38. The van der Waals surface area contributed by atoms with Gasteiger partial charge in [-0.25, -0.2) is 8.42 Å². The Hall–Kier alpha value is -2.34. The number of anilines is 1. The highest BCUT2D eigenvalue weighted by Crippen LogP contribution is 2.48. The third-order valence-corrected chi connectivity index (χ3v) is 8.19. The Morgan fingerprint density at radius 1 is 0.968 bits per heavy atom. The van der Waals surface area contributed by atoms with E-state index in [1.54, 1.807) is 24.3 Å². The molecule has 2 aliphatic rings. The summed E-state index contributed by atoms with van der Waals surface area (Å²) >= 11 is 0. The molecule has 1 amide bonds. The molecule has 5 nitrogen and oxygen atoms in total. The number of aryl methyl sites for hydroxylation is 1. The molecule has 2 aliphatic carbocycles. The molecule has 0 saturated heterocycles. The number of sulfonamides is 1. The highest BCUT2D eigenvalue weighted by molar-refractivity contribution is 7.92. The van der Waals surface area contributed by atoms with Gasteiger partial charge in [-0.2, -0.15) is 0 Å². The highest BCUT2D eigenvalue weighted by Gasteiger charge is 2.51. The fraction of sp³-hybridized carbons (Fsp3) is 0.480. The van der Waals surface area contributed by atoms with Crippen LogP contribution >= 0.6 is 0 Å². The van der Waals surface area contributed by atoms with Crippen molar-refractivity contribution < 1.29 is 13.2 Å². The largest absolute Gasteiger partial charge is 0.355 e. The zero-order valence-corrected chi connectivity index (χ0v) is 19.0. The first-order valence-corrected chi connectivity index (χ1v) is 12.9. The zero-order valence-electron chi connectivity index (χ0n) is 18.2. The molecule has 0 atom stereocenters. The third kappa shape index (κ3) is 4.95. The van der Waals surface area contributed by atoms with Crippen molar-refractivity contribution in [3.8, 4) is 0 Å². The average molecular weight is 441 g/mol. The number of carbonyl (C=O) groups is 1. The number of rotatable bonds is 8. The SMILES string of the molecule is CCc1ccc(S(=O)(=O)Nc2ccc(C3(C(=O)NCC4CCCCC4)CC3)cc2)cc1. The first-order chi connectivity index (χ1) is 14.9. The number of hydrogen-bond acceptors (Lipinski definition) is 3. The van der Waals surface area contributed by atoms with Crippen molar-refractivity contribution >= 4 is 21.6 Å². The number of hydrogen-bond donors (Lipinski definition) is 2. The van der Waals surface area contributed by atoms with Crippen LogP contribution in [0, 0.1) is 5.92 Å². The van der Waals surface area contributed by atoms with Gasteiger partial charge in [0.15, 0.2) is 0 Å². The minimum atomic E-state index is -3.64. The van der Waals surface area contributed by atoms with E-state index >= 15 is 0 Å². The summed E-state index contributed by atoms with van der Waals surface area (Å²) in [4.78, 5) is 13.1. The molecule has 2 saturated carbocycles. The molecule has 0 aromatic heterocycles. The van der Waals surface area contributed by atoms with Gasteiger partial charge in [-0.1, -0.05) is 50.5 Å². The molecule has 0 aliphatic heterocycles. The quantitative estimate of drug-likeness (QED) is 0.620. The van der Waals surface area contributed by atoms with E-state index in [0.717, 1.165) is 36.9 Å². The molecule has 0 bridgehead atoms. The van der Waals surface area contributed by atoms with Crippen molar-refractivity contribution in [1.29, 1.82) is 0 Å². The van der Waals surface area contributed by atoms with Crippen LogP contribution in [-0.2, 0) is 26.7 Å². The highest BCUT2D eigenvalue weighted by atomic mass is 32.2. The Bertz CT molecular complexity index is 1000. The van der Waals surface area contributed by atoms with Crippen molar-refractivity contribution in [2.24, 2.45) is 5.92 Å². The lowest BCUT2D eigenvalue weighted by Gasteiger charge is -2.23. The number of benzene rings is 2. The summed E-state index contributed by atoms with van der Waals surface area (Å²) in [5, 5.41) is 3.19. The number of nitrogens with one attached hydrogen (secondary N) is 2. The van der Waals surface area contributed by atoms with Gasteiger partial charge in [-0.05, 0) is 73.4 Å². The Kier molecular flexibility index (Phi) is 6.37. The molecule has 6 heteroatoms. The molecule has 2 fully saturated rings. The standard InChI is InChI=1S/C25H32N2O3S/c1-2-19-8-14-23(15-9-19)31(29,30)27-22-12-10-21(11-13-22)25(16-17-25)24(28)26-18-20-6-4-3-5-7-20/h8-15,20,27H,2-7,16-18H2,1H3,(H,26,28). The molecule has 0 unspecified atom stereocenters. The molecule has 4 rings (SSSR count). The first-order valence-electron chi connectivity index (χ1n) is 11.4. The molecule has 0 spiro atoms. The Morgan fingerprint density at radius 3 is 2.19 bits per heavy atom. The van der Waals surface area contributed by atoms with Crippen molar-refractivity contribution in [2.75, 3.05) is 11.3 Å². The van der Waals surface area contributed by atoms with Crippen LogP contribution in [0.25, 0.3) is 0 Å². The maximum Gasteiger partial charge on any atom is 0.261 e. The Labute approximate surface area is 185 Å². The molecule has 166 valence electrons. The van der Waals surface area contributed by atoms with Crippen LogP contribution in [0.15, 0.2) is 53.4 Å². The van der Waals surface area contributed by atoms with Crippen LogP contribution in [0.2, 0.25) is 0 Å². The molecule has 2 aromatic rings. The van der Waals surface area contributed by atoms with E-state index in [1.165, 1.54) is 32.1 Å². The van der Waals surface area contributed by atoms with E-state index in [1.807, 2.05) is 31.2 Å². The predicted molar refractivity (Wildman–Crippen MR) is 124 cm³/mol. The van der Waals surface area contributed by atoms with Crippen molar-refractivity contribution in [3.05, 3.63) is 59.7 Å². The van der Waals surface area contributed by atoms with Crippen molar-refractivity contribution in [1.82, 2.24) is 5.32 Å². The summed E-state index contributed by atoms with van der Waals surface area (Å²) in [5.41, 5.74) is 2.12. The summed E-state index contributed by atoms with van der Waals surface area (Å²) in [6.07, 6.45) is 8.83. The van der Waals surface area contributed by atoms with Gasteiger partial charge in [0.25, 0.3) is 10.0 Å². The molecule has 31 heavy (non-hydrogen) atoms. The Balaban J connectivity index is 1.39. The third-order valence-electron chi connectivity index (χ3n) is 6.79. The van der Waals surface area contributed by atoms with Gasteiger partial charge in [-0.15, -0.1) is 0 Å². The molecule has 2 N–H and O–H groups in total. The zero-order chi connectivity index (χ0) is 21.9. The van der Waals surface area contributed by atoms with Gasteiger partial charge in [0.1, 0.15) is 0 Å². The molecular weight excluding hydrogens is 408 g/mol. The van der Waals surface area contributed by atoms with E-state index in [9.17, 15) is 13.2 Å². The second kappa shape index (κ2) is 9.03. The summed E-state index contributed by atoms with van der Waals surface area (Å²) in [6, 6.07) is 14.2. The maximum atomic E-state index is 12.9. The van der Waals surface area contributed by atoms with E-state index < -0.39 is 15.4 Å². The summed E-state index contributed by atoms with van der Waals surface area (Å²) in [6.45, 7) is 2.81. The smallest absolute Gasteiger partial charge is 0.261 e. The summed E-state index contributed by atoms with van der Waals surface area (Å²) in [7, 11) is -3.64. The van der Waals surface area contributed by atoms with Gasteiger partial charge in [0.05, 0.1) is 10.3 Å². The van der Waals surface area contributed by atoms with Crippen molar-refractivity contribution in [3.63, 3.8) is 0 Å². The van der Waals surface area contributed by atoms with Gasteiger partial charge in [0, 0.05) is 12.2 Å². The Morgan fingerprint density at radius 2 is 1.61 bits per heavy atom. The van der Waals surface area contributed by atoms with Gasteiger partial charge < -0.3 is 5.32 Å². The van der Waals surface area contributed by atoms with E-state index in [4.69, 9.17) is 0 Å². The maximum absolute atomic E-state index is 12.9. The van der Waals surface area contributed by atoms with Crippen LogP contribution < -0.4 is 10.0 Å². The van der Waals surface area contributed by atoms with E-state index in [2.05, 4.69) is 10.0 Å². The van der Waals surface area contributed by atoms with Crippen LogP contribution in [0.3, 0.4) is 0 Å². The number of amides is 1. The first kappa shape index (κ1) is 21.9. The lowest BCUT2D eigenvalue weighted by molar-refractivity contribution is -0.123. The van der Waals surface area contributed by atoms with E-state index in [0.29, 0.717) is 11.6 Å². The molecule has 2 aromatic carbocycles. The van der Waals surface area contributed by atoms with Crippen LogP contribution in [0.5, 0.6) is 0 Å². The normalized spacial score (nSPS) is 18.4. The molecular formula is C25H32N2O3S. The monoisotopic (exact) mass is 440 g/mol. The minimum absolute atomic E-state index is 0.113. The average Bonchev–Trinajstić information content (AvgIpc) is 3.60. The topological polar surface area (TPSA) is 75.3 Å². The van der Waals surface area contributed by atoms with Crippen LogP contribution in [0.4, 0.5) is 5.69 Å². The van der Waals surface area contributed by atoms with Gasteiger partial charge >= 0.3 is 0 Å². The van der Waals surface area contributed by atoms with Crippen LogP contribution in [0.1, 0.15) is 63.0 Å². The fourth-order valence-electron chi connectivity index (χ4n) is 4.55. The minimum Gasteiger partial charge on any atom is -0.355 e. The fourth-order valence-corrected chi connectivity index (χ4v) is 5.60. The summed E-state index contributed by atoms with van der Waals surface area (Å²) < 4.78 is 28.0. The van der Waals surface area contributed by atoms with Gasteiger partial charge in [-0.3, -0.25) is 9.52 Å².